The summed E-state index contributed by atoms with van der Waals surface area (Å²) in [6.45, 7) is 7.70. The van der Waals surface area contributed by atoms with Crippen LogP contribution in [0.3, 0.4) is 0 Å². The molecule has 0 bridgehead atoms. The highest BCUT2D eigenvalue weighted by atomic mass is 28.1. The van der Waals surface area contributed by atoms with E-state index in [9.17, 15) is 0 Å². The maximum atomic E-state index is 5.95. The lowest BCUT2D eigenvalue weighted by Gasteiger charge is -2.36. The summed E-state index contributed by atoms with van der Waals surface area (Å²) < 4.78 is 5.95. The second-order valence-corrected chi connectivity index (χ2v) is 5.91. The van der Waals surface area contributed by atoms with Gasteiger partial charge < -0.3 is 4.74 Å². The largest absolute Gasteiger partial charge is 0.375 e. The van der Waals surface area contributed by atoms with E-state index < -0.39 is 0 Å². The Hall–Kier alpha value is -0.0831. The van der Waals surface area contributed by atoms with Crippen molar-refractivity contribution < 1.29 is 4.74 Å². The predicted molar refractivity (Wildman–Crippen MR) is 61.1 cm³/mol. The average molecular weight is 198 g/mol. The molecule has 0 aromatic heterocycles. The van der Waals surface area contributed by atoms with Crippen molar-refractivity contribution in [3.05, 3.63) is 11.1 Å². The molecule has 13 heavy (non-hydrogen) atoms. The fourth-order valence-corrected chi connectivity index (χ4v) is 2.93. The fraction of sp³-hybridized carbons (Fsp3) is 0.818. The molecule has 0 N–H and O–H groups in total. The van der Waals surface area contributed by atoms with Crippen LogP contribution >= 0.6 is 0 Å². The van der Waals surface area contributed by atoms with Gasteiger partial charge in [-0.15, -0.1) is 0 Å². The van der Waals surface area contributed by atoms with E-state index in [0.717, 1.165) is 16.8 Å². The summed E-state index contributed by atoms with van der Waals surface area (Å²) >= 11 is 0. The summed E-state index contributed by atoms with van der Waals surface area (Å²) in [7, 11) is 1.14. The molecule has 0 radical (unpaired) electrons. The maximum absolute atomic E-state index is 5.95. The van der Waals surface area contributed by atoms with Crippen molar-refractivity contribution >= 4 is 10.2 Å². The van der Waals surface area contributed by atoms with Crippen LogP contribution in [0.25, 0.3) is 0 Å². The first-order valence-electron chi connectivity index (χ1n) is 5.41. The standard InChI is InChI=1S/C11H22OSi/c1-4-9(2)10(3)11(13)7-5-6-8-12-11/h4-8H2,1-3,13H3. The van der Waals surface area contributed by atoms with Crippen LogP contribution in [-0.2, 0) is 4.74 Å². The molecule has 0 spiro atoms. The van der Waals surface area contributed by atoms with Crippen LogP contribution in [0.2, 0.25) is 0 Å². The van der Waals surface area contributed by atoms with Crippen molar-refractivity contribution in [3.8, 4) is 0 Å². The molecule has 1 aliphatic heterocycles. The van der Waals surface area contributed by atoms with Crippen molar-refractivity contribution in [2.75, 3.05) is 6.61 Å². The molecule has 1 nitrogen and oxygen atoms in total. The summed E-state index contributed by atoms with van der Waals surface area (Å²) in [6.07, 6.45) is 5.02. The van der Waals surface area contributed by atoms with Crippen LogP contribution < -0.4 is 0 Å². The molecule has 0 saturated carbocycles. The molecule has 76 valence electrons. The smallest absolute Gasteiger partial charge is 0.0684 e. The summed E-state index contributed by atoms with van der Waals surface area (Å²) in [5.74, 6) is 0. The van der Waals surface area contributed by atoms with E-state index in [4.69, 9.17) is 4.74 Å². The van der Waals surface area contributed by atoms with Crippen molar-refractivity contribution in [1.82, 2.24) is 0 Å². The Morgan fingerprint density at radius 3 is 2.54 bits per heavy atom. The van der Waals surface area contributed by atoms with Gasteiger partial charge in [0.2, 0.25) is 0 Å². The average Bonchev–Trinajstić information content (AvgIpc) is 2.16. The van der Waals surface area contributed by atoms with Gasteiger partial charge in [0.1, 0.15) is 0 Å². The van der Waals surface area contributed by atoms with Crippen molar-refractivity contribution in [2.45, 2.75) is 51.7 Å². The summed E-state index contributed by atoms with van der Waals surface area (Å²) in [5.41, 5.74) is 3.04. The Labute approximate surface area is 85.0 Å². The van der Waals surface area contributed by atoms with E-state index in [2.05, 4.69) is 20.8 Å². The minimum atomic E-state index is 0.179. The van der Waals surface area contributed by atoms with Gasteiger partial charge in [0, 0.05) is 16.8 Å². The summed E-state index contributed by atoms with van der Waals surface area (Å²) in [4.78, 5) is 0. The SMILES string of the molecule is CCC(C)=C(C)C1([SiH3])CCCCO1. The van der Waals surface area contributed by atoms with Crippen molar-refractivity contribution in [2.24, 2.45) is 0 Å². The van der Waals surface area contributed by atoms with Crippen molar-refractivity contribution in [3.63, 3.8) is 0 Å². The molecule has 0 aromatic carbocycles. The van der Waals surface area contributed by atoms with Crippen LogP contribution in [-0.4, -0.2) is 22.1 Å². The fourth-order valence-electron chi connectivity index (χ4n) is 1.95. The molecule has 1 saturated heterocycles. The van der Waals surface area contributed by atoms with Gasteiger partial charge in [-0.25, -0.2) is 0 Å². The lowest BCUT2D eigenvalue weighted by atomic mass is 9.96. The monoisotopic (exact) mass is 198 g/mol. The Balaban J connectivity index is 2.78. The zero-order chi connectivity index (χ0) is 9.90. The predicted octanol–water partition coefficient (Wildman–Crippen LogP) is 1.99. The molecule has 0 amide bonds. The van der Waals surface area contributed by atoms with Crippen LogP contribution in [0.1, 0.15) is 46.5 Å². The van der Waals surface area contributed by atoms with Gasteiger partial charge in [0.15, 0.2) is 0 Å². The van der Waals surface area contributed by atoms with E-state index in [1.165, 1.54) is 36.8 Å². The van der Waals surface area contributed by atoms with E-state index in [1.807, 2.05) is 0 Å². The third kappa shape index (κ3) is 2.44. The van der Waals surface area contributed by atoms with Gasteiger partial charge in [-0.3, -0.25) is 0 Å². The Bertz CT molecular complexity index is 202. The normalized spacial score (nSPS) is 31.6. The topological polar surface area (TPSA) is 9.23 Å². The summed E-state index contributed by atoms with van der Waals surface area (Å²) in [5, 5.41) is 0.179. The second-order valence-electron chi connectivity index (χ2n) is 4.30. The van der Waals surface area contributed by atoms with Gasteiger partial charge in [-0.05, 0) is 45.1 Å². The third-order valence-electron chi connectivity index (χ3n) is 3.43. The molecule has 1 unspecified atom stereocenters. The van der Waals surface area contributed by atoms with E-state index in [-0.39, 0.29) is 5.22 Å². The number of rotatable bonds is 2. The second kappa shape index (κ2) is 4.42. The zero-order valence-electron chi connectivity index (χ0n) is 9.44. The van der Waals surface area contributed by atoms with E-state index in [0.29, 0.717) is 0 Å². The molecule has 1 atom stereocenters. The van der Waals surface area contributed by atoms with E-state index in [1.54, 1.807) is 0 Å². The van der Waals surface area contributed by atoms with Crippen LogP contribution in [0, 0.1) is 0 Å². The molecule has 2 heteroatoms. The van der Waals surface area contributed by atoms with Crippen LogP contribution in [0.15, 0.2) is 11.1 Å². The highest BCUT2D eigenvalue weighted by Gasteiger charge is 2.29. The highest BCUT2D eigenvalue weighted by molar-refractivity contribution is 6.16. The van der Waals surface area contributed by atoms with Gasteiger partial charge in [0.05, 0.1) is 5.22 Å². The first kappa shape index (κ1) is 11.0. The Morgan fingerprint density at radius 1 is 1.38 bits per heavy atom. The van der Waals surface area contributed by atoms with Crippen LogP contribution in [0.4, 0.5) is 0 Å². The molecule has 1 aliphatic rings. The number of ether oxygens (including phenoxy) is 1. The van der Waals surface area contributed by atoms with Gasteiger partial charge in [-0.2, -0.15) is 0 Å². The van der Waals surface area contributed by atoms with Gasteiger partial charge in [-0.1, -0.05) is 12.5 Å². The first-order valence-corrected chi connectivity index (χ1v) is 6.41. The maximum Gasteiger partial charge on any atom is 0.0684 e. The first-order chi connectivity index (χ1) is 6.10. The van der Waals surface area contributed by atoms with Crippen LogP contribution in [0.5, 0.6) is 0 Å². The highest BCUT2D eigenvalue weighted by Crippen LogP contribution is 2.31. The van der Waals surface area contributed by atoms with E-state index >= 15 is 0 Å². The number of hydrogen-bond donors (Lipinski definition) is 0. The molecule has 0 aromatic rings. The minimum Gasteiger partial charge on any atom is -0.375 e. The third-order valence-corrected chi connectivity index (χ3v) is 4.97. The molecular formula is C11H22OSi. The molecule has 1 rings (SSSR count). The minimum absolute atomic E-state index is 0.179. The number of hydrogen-bond acceptors (Lipinski definition) is 1. The van der Waals surface area contributed by atoms with Crippen molar-refractivity contribution in [1.29, 1.82) is 0 Å². The van der Waals surface area contributed by atoms with Gasteiger partial charge >= 0.3 is 0 Å². The molecule has 0 aliphatic carbocycles. The molecule has 1 heterocycles. The van der Waals surface area contributed by atoms with Gasteiger partial charge in [0.25, 0.3) is 0 Å². The number of allylic oxidation sites excluding steroid dienone is 1. The lowest BCUT2D eigenvalue weighted by Crippen LogP contribution is -2.38. The zero-order valence-corrected chi connectivity index (χ0v) is 11.4. The summed E-state index contributed by atoms with van der Waals surface area (Å²) in [6, 6.07) is 0. The lowest BCUT2D eigenvalue weighted by molar-refractivity contribution is 0.00685. The quantitative estimate of drug-likeness (QED) is 0.487. The molecular weight excluding hydrogens is 176 g/mol. The Kier molecular flexibility index (Phi) is 3.74. The molecule has 1 fully saturated rings. The Morgan fingerprint density at radius 2 is 2.08 bits per heavy atom.